The molecule has 1 aliphatic rings. The Bertz CT molecular complexity index is 1130. The van der Waals surface area contributed by atoms with E-state index < -0.39 is 11.6 Å². The minimum atomic E-state index is -0.712. The molecule has 1 N–H and O–H groups in total. The van der Waals surface area contributed by atoms with Gasteiger partial charge in [0, 0.05) is 47.3 Å². The Morgan fingerprint density at radius 3 is 2.62 bits per heavy atom. The lowest BCUT2D eigenvalue weighted by Crippen LogP contribution is -2.29. The highest BCUT2D eigenvalue weighted by atomic mass is 35.5. The first-order valence-corrected chi connectivity index (χ1v) is 11.2. The molecule has 3 aromatic rings. The molecule has 1 aliphatic heterocycles. The highest BCUT2D eigenvalue weighted by Gasteiger charge is 2.27. The standard InChI is InChI=1S/C24H21ClF2N2O2S/c1-31-18-7-8-29(14-18)24(30)16-9-17(25)11-19(10-16)32-28-23-12-20(21(26)13-22(23)27)15-5-3-2-4-6-15/h2-6,9-13,18,28H,7-8,14H2,1H3. The van der Waals surface area contributed by atoms with Crippen LogP contribution in [0, 0.1) is 11.6 Å². The van der Waals surface area contributed by atoms with E-state index >= 15 is 0 Å². The fourth-order valence-corrected chi connectivity index (χ4v) is 4.67. The van der Waals surface area contributed by atoms with Crippen molar-refractivity contribution >= 4 is 35.1 Å². The first kappa shape index (κ1) is 22.6. The molecule has 8 heteroatoms. The van der Waals surface area contributed by atoms with E-state index in [0.29, 0.717) is 39.7 Å². The van der Waals surface area contributed by atoms with Crippen LogP contribution in [0.4, 0.5) is 14.5 Å². The third-order valence-electron chi connectivity index (χ3n) is 5.30. The number of anilines is 1. The van der Waals surface area contributed by atoms with Crippen LogP contribution in [0.3, 0.4) is 0 Å². The van der Waals surface area contributed by atoms with Crippen molar-refractivity contribution in [1.82, 2.24) is 4.90 Å². The van der Waals surface area contributed by atoms with Gasteiger partial charge in [0.15, 0.2) is 0 Å². The van der Waals surface area contributed by atoms with Crippen molar-refractivity contribution in [2.75, 3.05) is 24.9 Å². The van der Waals surface area contributed by atoms with E-state index in [0.717, 1.165) is 24.4 Å². The highest BCUT2D eigenvalue weighted by Crippen LogP contribution is 2.32. The Hall–Kier alpha value is -2.61. The summed E-state index contributed by atoms with van der Waals surface area (Å²) in [6.07, 6.45) is 0.827. The van der Waals surface area contributed by atoms with E-state index in [9.17, 15) is 13.6 Å². The first-order chi connectivity index (χ1) is 15.4. The zero-order chi connectivity index (χ0) is 22.7. The molecular weight excluding hydrogens is 454 g/mol. The molecule has 1 unspecified atom stereocenters. The summed E-state index contributed by atoms with van der Waals surface area (Å²) in [6.45, 7) is 1.15. The van der Waals surface area contributed by atoms with Crippen LogP contribution in [0.1, 0.15) is 16.8 Å². The van der Waals surface area contributed by atoms with Gasteiger partial charge in [-0.25, -0.2) is 8.78 Å². The zero-order valence-corrected chi connectivity index (χ0v) is 18.9. The molecule has 3 aromatic carbocycles. The Morgan fingerprint density at radius 2 is 1.91 bits per heavy atom. The predicted molar refractivity (Wildman–Crippen MR) is 124 cm³/mol. The molecule has 4 rings (SSSR count). The molecule has 1 atom stereocenters. The largest absolute Gasteiger partial charge is 0.380 e. The molecule has 0 bridgehead atoms. The van der Waals surface area contributed by atoms with Crippen LogP contribution in [0.2, 0.25) is 5.02 Å². The number of rotatable bonds is 6. The zero-order valence-electron chi connectivity index (χ0n) is 17.3. The fourth-order valence-electron chi connectivity index (χ4n) is 3.61. The van der Waals surface area contributed by atoms with Gasteiger partial charge in [-0.15, -0.1) is 0 Å². The summed E-state index contributed by atoms with van der Waals surface area (Å²) in [5.41, 5.74) is 1.51. The number of carbonyl (C=O) groups excluding carboxylic acids is 1. The number of hydrogen-bond donors (Lipinski definition) is 1. The molecule has 0 aromatic heterocycles. The lowest BCUT2D eigenvalue weighted by molar-refractivity contribution is 0.0724. The second kappa shape index (κ2) is 9.90. The van der Waals surface area contributed by atoms with Gasteiger partial charge in [0.1, 0.15) is 11.6 Å². The van der Waals surface area contributed by atoms with Crippen LogP contribution < -0.4 is 4.72 Å². The topological polar surface area (TPSA) is 41.6 Å². The molecule has 1 saturated heterocycles. The van der Waals surface area contributed by atoms with E-state index in [2.05, 4.69) is 4.72 Å². The monoisotopic (exact) mass is 474 g/mol. The Morgan fingerprint density at radius 1 is 1.12 bits per heavy atom. The van der Waals surface area contributed by atoms with Crippen molar-refractivity contribution in [2.45, 2.75) is 17.4 Å². The van der Waals surface area contributed by atoms with E-state index in [1.807, 2.05) is 6.07 Å². The van der Waals surface area contributed by atoms with E-state index in [1.165, 1.54) is 6.07 Å². The number of halogens is 3. The molecule has 0 radical (unpaired) electrons. The van der Waals surface area contributed by atoms with Gasteiger partial charge in [0.25, 0.3) is 5.91 Å². The summed E-state index contributed by atoms with van der Waals surface area (Å²) >= 11 is 7.33. The highest BCUT2D eigenvalue weighted by molar-refractivity contribution is 8.00. The maximum absolute atomic E-state index is 14.4. The molecule has 1 amide bonds. The van der Waals surface area contributed by atoms with E-state index in [-0.39, 0.29) is 17.7 Å². The molecule has 1 fully saturated rings. The number of nitrogens with one attached hydrogen (secondary N) is 1. The summed E-state index contributed by atoms with van der Waals surface area (Å²) in [4.78, 5) is 15.2. The minimum absolute atomic E-state index is 0.0360. The number of amides is 1. The minimum Gasteiger partial charge on any atom is -0.380 e. The van der Waals surface area contributed by atoms with Gasteiger partial charge in [-0.05, 0) is 48.2 Å². The lowest BCUT2D eigenvalue weighted by Gasteiger charge is -2.17. The number of carbonyl (C=O) groups is 1. The predicted octanol–water partition coefficient (Wildman–Crippen LogP) is 6.27. The number of likely N-dealkylation sites (tertiary alicyclic amines) is 1. The molecule has 1 heterocycles. The summed E-state index contributed by atoms with van der Waals surface area (Å²) in [5.74, 6) is -1.48. The van der Waals surface area contributed by atoms with Crippen LogP contribution in [-0.2, 0) is 4.74 Å². The second-order valence-electron chi connectivity index (χ2n) is 7.46. The average molecular weight is 475 g/mol. The molecule has 32 heavy (non-hydrogen) atoms. The average Bonchev–Trinajstić information content (AvgIpc) is 3.27. The van der Waals surface area contributed by atoms with Crippen molar-refractivity contribution < 1.29 is 18.3 Å². The van der Waals surface area contributed by atoms with Crippen LogP contribution >= 0.6 is 23.5 Å². The Kier molecular flexibility index (Phi) is 6.98. The maximum atomic E-state index is 14.4. The summed E-state index contributed by atoms with van der Waals surface area (Å²) < 4.78 is 37.0. The molecule has 0 saturated carbocycles. The third kappa shape index (κ3) is 5.06. The van der Waals surface area contributed by atoms with Crippen molar-refractivity contribution in [3.63, 3.8) is 0 Å². The summed E-state index contributed by atoms with van der Waals surface area (Å²) in [6, 6.07) is 16.2. The van der Waals surface area contributed by atoms with Gasteiger partial charge in [-0.1, -0.05) is 41.9 Å². The van der Waals surface area contributed by atoms with Crippen LogP contribution in [0.15, 0.2) is 65.6 Å². The van der Waals surface area contributed by atoms with Crippen molar-refractivity contribution in [3.8, 4) is 11.1 Å². The normalized spacial score (nSPS) is 15.8. The maximum Gasteiger partial charge on any atom is 0.254 e. The number of nitrogens with zero attached hydrogens (tertiary/aromatic N) is 1. The Labute approximate surface area is 194 Å². The smallest absolute Gasteiger partial charge is 0.254 e. The number of benzene rings is 3. The van der Waals surface area contributed by atoms with Gasteiger partial charge in [-0.2, -0.15) is 0 Å². The molecule has 4 nitrogen and oxygen atoms in total. The van der Waals surface area contributed by atoms with Gasteiger partial charge in [0.2, 0.25) is 0 Å². The van der Waals surface area contributed by atoms with Crippen LogP contribution in [-0.4, -0.2) is 37.1 Å². The van der Waals surface area contributed by atoms with Gasteiger partial charge in [-0.3, -0.25) is 4.79 Å². The van der Waals surface area contributed by atoms with Crippen molar-refractivity contribution in [2.24, 2.45) is 0 Å². The second-order valence-corrected chi connectivity index (χ2v) is 8.77. The Balaban J connectivity index is 1.52. The number of hydrogen-bond acceptors (Lipinski definition) is 4. The van der Waals surface area contributed by atoms with E-state index in [1.54, 1.807) is 54.5 Å². The van der Waals surface area contributed by atoms with Gasteiger partial charge in [0.05, 0.1) is 11.8 Å². The van der Waals surface area contributed by atoms with Crippen molar-refractivity contribution in [1.29, 1.82) is 0 Å². The van der Waals surface area contributed by atoms with Gasteiger partial charge >= 0.3 is 0 Å². The van der Waals surface area contributed by atoms with E-state index in [4.69, 9.17) is 16.3 Å². The SMILES string of the molecule is COC1CCN(C(=O)c2cc(Cl)cc(SNc3cc(-c4ccccc4)c(F)cc3F)c2)C1. The molecule has 0 spiro atoms. The summed E-state index contributed by atoms with van der Waals surface area (Å²) in [7, 11) is 1.64. The number of ether oxygens (including phenoxy) is 1. The summed E-state index contributed by atoms with van der Waals surface area (Å²) in [5, 5.41) is 0.396. The van der Waals surface area contributed by atoms with Crippen LogP contribution in [0.25, 0.3) is 11.1 Å². The van der Waals surface area contributed by atoms with Crippen molar-refractivity contribution in [3.05, 3.63) is 82.9 Å². The molecule has 0 aliphatic carbocycles. The fraction of sp³-hybridized carbons (Fsp3) is 0.208. The first-order valence-electron chi connectivity index (χ1n) is 10.0. The number of methoxy groups -OCH3 is 1. The third-order valence-corrected chi connectivity index (χ3v) is 6.32. The molecule has 166 valence electrons. The quantitative estimate of drug-likeness (QED) is 0.428. The van der Waals surface area contributed by atoms with Crippen LogP contribution in [0.5, 0.6) is 0 Å². The molecular formula is C24H21ClF2N2O2S. The lowest BCUT2D eigenvalue weighted by atomic mass is 10.0. The van der Waals surface area contributed by atoms with Gasteiger partial charge < -0.3 is 14.4 Å².